The van der Waals surface area contributed by atoms with E-state index in [2.05, 4.69) is 26.0 Å². The summed E-state index contributed by atoms with van der Waals surface area (Å²) in [4.78, 5) is 12.1. The van der Waals surface area contributed by atoms with Crippen molar-refractivity contribution < 1.29 is 13.9 Å². The lowest BCUT2D eigenvalue weighted by Gasteiger charge is -2.39. The van der Waals surface area contributed by atoms with Crippen LogP contribution in [-0.2, 0) is 4.57 Å². The molecule has 4 heteroatoms. The van der Waals surface area contributed by atoms with E-state index in [1.807, 2.05) is 21.1 Å². The SMILES string of the molecule is CCCCC=CCCCCCCCCCCCCCCCCCC(CCC)([P+](=O)[O-])[N+](C)(C)C. The summed E-state index contributed by atoms with van der Waals surface area (Å²) >= 11 is 0. The smallest absolute Gasteiger partial charge is 0.376 e. The van der Waals surface area contributed by atoms with Gasteiger partial charge in [-0.2, -0.15) is 0 Å². The normalized spacial score (nSPS) is 14.6. The summed E-state index contributed by atoms with van der Waals surface area (Å²) in [5.41, 5.74) is 0. The van der Waals surface area contributed by atoms with Crippen LogP contribution in [0.15, 0.2) is 12.2 Å². The minimum absolute atomic E-state index is 0.524. The summed E-state index contributed by atoms with van der Waals surface area (Å²) in [6.07, 6.45) is 32.6. The maximum absolute atomic E-state index is 12.1. The number of hydrogen-bond donors (Lipinski definition) is 0. The van der Waals surface area contributed by atoms with Crippen molar-refractivity contribution >= 4 is 8.03 Å². The Morgan fingerprint density at radius 1 is 0.588 bits per heavy atom. The van der Waals surface area contributed by atoms with Gasteiger partial charge in [0.1, 0.15) is 0 Å². The third-order valence-electron chi connectivity index (χ3n) is 7.58. The van der Waals surface area contributed by atoms with E-state index < -0.39 is 13.3 Å². The van der Waals surface area contributed by atoms with Crippen molar-refractivity contribution in [3.8, 4) is 0 Å². The quantitative estimate of drug-likeness (QED) is 0.0544. The molecule has 2 unspecified atom stereocenters. The van der Waals surface area contributed by atoms with Crippen molar-refractivity contribution in [1.29, 1.82) is 0 Å². The molecule has 0 aliphatic rings. The largest absolute Gasteiger partial charge is 0.590 e. The van der Waals surface area contributed by atoms with E-state index >= 15 is 0 Å². The highest BCUT2D eigenvalue weighted by atomic mass is 31.1. The molecular weight excluding hydrogens is 437 g/mol. The van der Waals surface area contributed by atoms with Gasteiger partial charge in [-0.05, 0) is 32.1 Å². The average Bonchev–Trinajstić information content (AvgIpc) is 2.78. The molecule has 0 saturated carbocycles. The summed E-state index contributed by atoms with van der Waals surface area (Å²) in [5, 5.41) is -0.588. The Bertz CT molecular complexity index is 501. The third kappa shape index (κ3) is 16.4. The number of allylic oxidation sites excluding steroid dienone is 2. The van der Waals surface area contributed by atoms with Gasteiger partial charge < -0.3 is 4.89 Å². The van der Waals surface area contributed by atoms with E-state index in [0.717, 1.165) is 25.7 Å². The van der Waals surface area contributed by atoms with E-state index in [1.165, 1.54) is 116 Å². The predicted molar refractivity (Wildman–Crippen MR) is 150 cm³/mol. The lowest BCUT2D eigenvalue weighted by atomic mass is 9.99. The van der Waals surface area contributed by atoms with Crippen LogP contribution < -0.4 is 4.89 Å². The summed E-state index contributed by atoms with van der Waals surface area (Å²) in [6.45, 7) is 4.35. The van der Waals surface area contributed by atoms with Crippen molar-refractivity contribution in [3.05, 3.63) is 12.2 Å². The maximum atomic E-state index is 12.1. The number of rotatable bonds is 25. The summed E-state index contributed by atoms with van der Waals surface area (Å²) < 4.78 is 12.6. The molecule has 0 N–H and O–H groups in total. The third-order valence-corrected chi connectivity index (χ3v) is 9.30. The highest BCUT2D eigenvalue weighted by Crippen LogP contribution is 2.45. The zero-order chi connectivity index (χ0) is 25.5. The van der Waals surface area contributed by atoms with E-state index in [1.54, 1.807) is 0 Å². The molecule has 0 heterocycles. The van der Waals surface area contributed by atoms with Gasteiger partial charge in [-0.3, -0.25) is 4.48 Å². The predicted octanol–water partition coefficient (Wildman–Crippen LogP) is 9.67. The second kappa shape index (κ2) is 22.0. The molecule has 0 aromatic rings. The first kappa shape index (κ1) is 33.8. The highest BCUT2D eigenvalue weighted by molar-refractivity contribution is 7.38. The molecular formula is C30H61NO2P+. The topological polar surface area (TPSA) is 40.1 Å². The standard InChI is InChI=1S/C30H61NO2P/c1-6-8-9-10-11-12-13-14-15-16-17-18-19-20-21-22-23-24-25-26-27-29-30(28-7-2,34(32)33)31(3,4)5/h10-11H,6-9,12-29H2,1-5H3/q+1. The lowest BCUT2D eigenvalue weighted by Crippen LogP contribution is -2.55. The van der Waals surface area contributed by atoms with Gasteiger partial charge >= 0.3 is 8.03 Å². The Labute approximate surface area is 215 Å². The van der Waals surface area contributed by atoms with Crippen LogP contribution in [-0.4, -0.2) is 30.9 Å². The minimum atomic E-state index is -2.42. The molecule has 0 radical (unpaired) electrons. The lowest BCUT2D eigenvalue weighted by molar-refractivity contribution is -0.910. The number of hydrogen-bond acceptors (Lipinski definition) is 2. The van der Waals surface area contributed by atoms with Gasteiger partial charge in [0.25, 0.3) is 5.28 Å². The Morgan fingerprint density at radius 2 is 0.971 bits per heavy atom. The van der Waals surface area contributed by atoms with Crippen LogP contribution in [0.1, 0.15) is 155 Å². The number of quaternary nitrogens is 1. The van der Waals surface area contributed by atoms with Gasteiger partial charge in [-0.25, -0.2) is 0 Å². The Kier molecular flexibility index (Phi) is 21.8. The minimum Gasteiger partial charge on any atom is -0.590 e. The molecule has 0 fully saturated rings. The van der Waals surface area contributed by atoms with Crippen molar-refractivity contribution in [3.63, 3.8) is 0 Å². The van der Waals surface area contributed by atoms with E-state index in [9.17, 15) is 9.46 Å². The zero-order valence-corrected chi connectivity index (χ0v) is 24.8. The van der Waals surface area contributed by atoms with Gasteiger partial charge in [0.15, 0.2) is 0 Å². The molecule has 3 nitrogen and oxygen atoms in total. The Morgan fingerprint density at radius 3 is 1.32 bits per heavy atom. The van der Waals surface area contributed by atoms with E-state index in [0.29, 0.717) is 4.48 Å². The van der Waals surface area contributed by atoms with Crippen LogP contribution in [0.4, 0.5) is 0 Å². The zero-order valence-electron chi connectivity index (χ0n) is 23.9. The van der Waals surface area contributed by atoms with E-state index in [4.69, 9.17) is 0 Å². The fourth-order valence-electron chi connectivity index (χ4n) is 5.15. The van der Waals surface area contributed by atoms with Gasteiger partial charge in [0.2, 0.25) is 0 Å². The van der Waals surface area contributed by atoms with Crippen LogP contribution >= 0.6 is 8.03 Å². The first-order valence-electron chi connectivity index (χ1n) is 14.9. The molecule has 0 rings (SSSR count). The van der Waals surface area contributed by atoms with Crippen LogP contribution in [0, 0.1) is 0 Å². The molecule has 0 aromatic carbocycles. The molecule has 2 atom stereocenters. The first-order chi connectivity index (χ1) is 16.3. The van der Waals surface area contributed by atoms with Gasteiger partial charge in [0, 0.05) is 12.8 Å². The van der Waals surface area contributed by atoms with Gasteiger partial charge in [0.05, 0.1) is 21.1 Å². The van der Waals surface area contributed by atoms with Crippen LogP contribution in [0.3, 0.4) is 0 Å². The Hall–Kier alpha value is -0.240. The molecule has 0 bridgehead atoms. The summed E-state index contributed by atoms with van der Waals surface area (Å²) in [6, 6.07) is 0. The second-order valence-electron chi connectivity index (χ2n) is 11.5. The van der Waals surface area contributed by atoms with Crippen molar-refractivity contribution in [2.75, 3.05) is 21.1 Å². The molecule has 0 amide bonds. The molecule has 202 valence electrons. The molecule has 0 aliphatic carbocycles. The van der Waals surface area contributed by atoms with E-state index in [-0.39, 0.29) is 0 Å². The Balaban J connectivity index is 3.53. The van der Waals surface area contributed by atoms with Crippen LogP contribution in [0.5, 0.6) is 0 Å². The maximum Gasteiger partial charge on any atom is 0.376 e. The fraction of sp³-hybridized carbons (Fsp3) is 0.933. The molecule has 34 heavy (non-hydrogen) atoms. The molecule has 0 aromatic heterocycles. The fourth-order valence-corrected chi connectivity index (χ4v) is 6.39. The van der Waals surface area contributed by atoms with Crippen LogP contribution in [0.2, 0.25) is 0 Å². The monoisotopic (exact) mass is 498 g/mol. The first-order valence-corrected chi connectivity index (χ1v) is 16.1. The van der Waals surface area contributed by atoms with Gasteiger partial charge in [-0.15, -0.1) is 0 Å². The van der Waals surface area contributed by atoms with Crippen LogP contribution in [0.25, 0.3) is 0 Å². The van der Waals surface area contributed by atoms with Crippen molar-refractivity contribution in [1.82, 2.24) is 0 Å². The second-order valence-corrected chi connectivity index (χ2v) is 12.8. The molecule has 0 saturated heterocycles. The molecule has 0 spiro atoms. The number of nitrogens with zero attached hydrogens (tertiary/aromatic N) is 1. The van der Waals surface area contributed by atoms with Crippen molar-refractivity contribution in [2.45, 2.75) is 160 Å². The summed E-state index contributed by atoms with van der Waals surface area (Å²) in [5.74, 6) is 0. The average molecular weight is 499 g/mol. The molecule has 0 aliphatic heterocycles. The highest BCUT2D eigenvalue weighted by Gasteiger charge is 2.53. The van der Waals surface area contributed by atoms with Gasteiger partial charge in [-0.1, -0.05) is 127 Å². The van der Waals surface area contributed by atoms with Crippen molar-refractivity contribution in [2.24, 2.45) is 0 Å². The summed E-state index contributed by atoms with van der Waals surface area (Å²) in [7, 11) is 3.69. The number of unbranched alkanes of at least 4 members (excludes halogenated alkanes) is 17.